The molecule has 1 unspecified atom stereocenters. The molecule has 0 bridgehead atoms. The molecule has 0 aliphatic carbocycles. The van der Waals surface area contributed by atoms with Crippen LogP contribution in [0.4, 0.5) is 0 Å². The maximum absolute atomic E-state index is 10.9. The van der Waals surface area contributed by atoms with Gasteiger partial charge < -0.3 is 4.52 Å². The molecule has 0 spiro atoms. The van der Waals surface area contributed by atoms with Gasteiger partial charge in [-0.25, -0.2) is 4.99 Å². The minimum atomic E-state index is -0.197. The summed E-state index contributed by atoms with van der Waals surface area (Å²) in [5.74, 6) is 1.37. The van der Waals surface area contributed by atoms with Crippen LogP contribution in [0.5, 0.6) is 0 Å². The summed E-state index contributed by atoms with van der Waals surface area (Å²) >= 11 is 0. The summed E-state index contributed by atoms with van der Waals surface area (Å²) < 4.78 is 4.95. The van der Waals surface area contributed by atoms with Crippen LogP contribution < -0.4 is 0 Å². The smallest absolute Gasteiger partial charge is 0.137 e. The first-order chi connectivity index (χ1) is 7.15. The number of hydrogen-bond donors (Lipinski definition) is 0. The van der Waals surface area contributed by atoms with Crippen molar-refractivity contribution in [3.63, 3.8) is 0 Å². The minimum absolute atomic E-state index is 0.0582. The van der Waals surface area contributed by atoms with Gasteiger partial charge >= 0.3 is 0 Å². The number of aliphatic imine (C=N–C) groups is 2. The molecule has 0 radical (unpaired) electrons. The van der Waals surface area contributed by atoms with Crippen LogP contribution in [0.3, 0.4) is 0 Å². The SMILES string of the molecule is CC(=O)CC1=NC(c2cc(C)on2)C=N1. The van der Waals surface area contributed by atoms with E-state index in [0.717, 1.165) is 11.5 Å². The van der Waals surface area contributed by atoms with Gasteiger partial charge in [-0.15, -0.1) is 0 Å². The summed E-state index contributed by atoms with van der Waals surface area (Å²) in [4.78, 5) is 19.2. The first-order valence-electron chi connectivity index (χ1n) is 4.68. The molecule has 0 N–H and O–H groups in total. The maximum Gasteiger partial charge on any atom is 0.137 e. The van der Waals surface area contributed by atoms with Gasteiger partial charge in [-0.05, 0) is 13.8 Å². The number of Topliss-reactive ketones (excluding diaryl/α,β-unsaturated/α-hetero) is 1. The lowest BCUT2D eigenvalue weighted by molar-refractivity contribution is -0.115. The first-order valence-corrected chi connectivity index (χ1v) is 4.68. The Balaban J connectivity index is 2.12. The summed E-state index contributed by atoms with van der Waals surface area (Å²) in [6.45, 7) is 3.34. The molecule has 5 heteroatoms. The molecule has 1 aliphatic heterocycles. The highest BCUT2D eigenvalue weighted by Gasteiger charge is 2.18. The quantitative estimate of drug-likeness (QED) is 0.750. The van der Waals surface area contributed by atoms with Crippen molar-refractivity contribution in [3.05, 3.63) is 17.5 Å². The Bertz CT molecular complexity index is 445. The first kappa shape index (κ1) is 9.76. The van der Waals surface area contributed by atoms with Crippen LogP contribution in [0.25, 0.3) is 0 Å². The van der Waals surface area contributed by atoms with Crippen LogP contribution >= 0.6 is 0 Å². The number of rotatable bonds is 3. The lowest BCUT2D eigenvalue weighted by Crippen LogP contribution is -1.99. The number of amidine groups is 1. The summed E-state index contributed by atoms with van der Waals surface area (Å²) in [6, 6.07) is 1.62. The van der Waals surface area contributed by atoms with Gasteiger partial charge in [0.25, 0.3) is 0 Å². The summed E-state index contributed by atoms with van der Waals surface area (Å²) in [6.07, 6.45) is 1.96. The van der Waals surface area contributed by atoms with Gasteiger partial charge in [-0.1, -0.05) is 5.16 Å². The number of ketones is 1. The normalized spacial score (nSPS) is 19.3. The van der Waals surface area contributed by atoms with Gasteiger partial charge in [0.15, 0.2) is 0 Å². The molecular weight excluding hydrogens is 194 g/mol. The van der Waals surface area contributed by atoms with Crippen LogP contribution in [-0.2, 0) is 4.79 Å². The number of carbonyl (C=O) groups is 1. The highest BCUT2D eigenvalue weighted by atomic mass is 16.5. The van der Waals surface area contributed by atoms with Crippen molar-refractivity contribution in [1.82, 2.24) is 5.16 Å². The Labute approximate surface area is 86.9 Å². The largest absolute Gasteiger partial charge is 0.361 e. The van der Waals surface area contributed by atoms with E-state index < -0.39 is 0 Å². The van der Waals surface area contributed by atoms with E-state index in [1.165, 1.54) is 6.92 Å². The van der Waals surface area contributed by atoms with Gasteiger partial charge in [0.05, 0.1) is 6.42 Å². The predicted octanol–water partition coefficient (Wildman–Crippen LogP) is 1.49. The molecule has 0 fully saturated rings. The van der Waals surface area contributed by atoms with Crippen molar-refractivity contribution in [3.8, 4) is 0 Å². The Morgan fingerprint density at radius 2 is 2.40 bits per heavy atom. The van der Waals surface area contributed by atoms with E-state index in [-0.39, 0.29) is 18.2 Å². The number of aromatic nitrogens is 1. The maximum atomic E-state index is 10.9. The fourth-order valence-electron chi connectivity index (χ4n) is 1.37. The minimum Gasteiger partial charge on any atom is -0.361 e. The molecule has 2 rings (SSSR count). The zero-order chi connectivity index (χ0) is 10.8. The second-order valence-electron chi connectivity index (χ2n) is 3.51. The highest BCUT2D eigenvalue weighted by Crippen LogP contribution is 2.19. The molecule has 0 saturated carbocycles. The van der Waals surface area contributed by atoms with Crippen LogP contribution in [0.2, 0.25) is 0 Å². The number of aryl methyl sites for hydroxylation is 1. The third-order valence-corrected chi connectivity index (χ3v) is 2.01. The summed E-state index contributed by atoms with van der Waals surface area (Å²) in [5.41, 5.74) is 0.731. The molecule has 78 valence electrons. The van der Waals surface area contributed by atoms with Crippen molar-refractivity contribution in [2.24, 2.45) is 9.98 Å². The van der Waals surface area contributed by atoms with Gasteiger partial charge in [-0.3, -0.25) is 9.79 Å². The zero-order valence-electron chi connectivity index (χ0n) is 8.60. The molecule has 1 atom stereocenters. The molecule has 0 saturated heterocycles. The third-order valence-electron chi connectivity index (χ3n) is 2.01. The molecule has 5 nitrogen and oxygen atoms in total. The highest BCUT2D eigenvalue weighted by molar-refractivity contribution is 6.05. The Hall–Kier alpha value is -1.78. The second-order valence-corrected chi connectivity index (χ2v) is 3.51. The lowest BCUT2D eigenvalue weighted by atomic mass is 10.2. The van der Waals surface area contributed by atoms with E-state index in [0.29, 0.717) is 5.84 Å². The Kier molecular flexibility index (Phi) is 2.45. The van der Waals surface area contributed by atoms with Gasteiger partial charge in [0.1, 0.15) is 29.1 Å². The molecule has 0 amide bonds. The van der Waals surface area contributed by atoms with E-state index in [4.69, 9.17) is 4.52 Å². The van der Waals surface area contributed by atoms with Gasteiger partial charge in [0, 0.05) is 12.3 Å². The van der Waals surface area contributed by atoms with E-state index in [1.807, 2.05) is 13.0 Å². The third kappa shape index (κ3) is 2.18. The standard InChI is InChI=1S/C10H11N3O2/c1-6(14)3-10-11-5-9(12-10)8-4-7(2)15-13-8/h4-5,9H,3H2,1-2H3. The van der Waals surface area contributed by atoms with Crippen molar-refractivity contribution < 1.29 is 9.32 Å². The average molecular weight is 205 g/mol. The Morgan fingerprint density at radius 1 is 1.60 bits per heavy atom. The monoisotopic (exact) mass is 205 g/mol. The van der Waals surface area contributed by atoms with Crippen molar-refractivity contribution in [1.29, 1.82) is 0 Å². The Morgan fingerprint density at radius 3 is 3.00 bits per heavy atom. The fraction of sp³-hybridized carbons (Fsp3) is 0.400. The van der Waals surface area contributed by atoms with Crippen molar-refractivity contribution in [2.45, 2.75) is 26.3 Å². The van der Waals surface area contributed by atoms with Gasteiger partial charge in [0.2, 0.25) is 0 Å². The van der Waals surface area contributed by atoms with Gasteiger partial charge in [-0.2, -0.15) is 0 Å². The summed E-state index contributed by atoms with van der Waals surface area (Å²) in [5, 5.41) is 3.85. The molecular formula is C10H11N3O2. The fourth-order valence-corrected chi connectivity index (χ4v) is 1.37. The summed E-state index contributed by atoms with van der Waals surface area (Å²) in [7, 11) is 0. The molecule has 2 heterocycles. The number of nitrogens with zero attached hydrogens (tertiary/aromatic N) is 3. The molecule has 1 aromatic heterocycles. The molecule has 1 aliphatic rings. The number of carbonyl (C=O) groups excluding carboxylic acids is 1. The van der Waals surface area contributed by atoms with Crippen molar-refractivity contribution >= 4 is 17.8 Å². The van der Waals surface area contributed by atoms with Crippen LogP contribution in [-0.4, -0.2) is 23.0 Å². The van der Waals surface area contributed by atoms with Crippen LogP contribution in [0.15, 0.2) is 20.6 Å². The molecule has 1 aromatic rings. The topological polar surface area (TPSA) is 67.8 Å². The average Bonchev–Trinajstić information content (AvgIpc) is 2.72. The van der Waals surface area contributed by atoms with Crippen LogP contribution in [0.1, 0.15) is 30.8 Å². The lowest BCUT2D eigenvalue weighted by Gasteiger charge is -1.95. The molecule has 15 heavy (non-hydrogen) atoms. The predicted molar refractivity (Wildman–Crippen MR) is 55.2 cm³/mol. The molecule has 0 aromatic carbocycles. The number of hydrogen-bond acceptors (Lipinski definition) is 5. The van der Waals surface area contributed by atoms with E-state index in [2.05, 4.69) is 15.1 Å². The van der Waals surface area contributed by atoms with E-state index in [9.17, 15) is 4.79 Å². The van der Waals surface area contributed by atoms with E-state index in [1.54, 1.807) is 6.21 Å². The van der Waals surface area contributed by atoms with Crippen LogP contribution in [0, 0.1) is 6.92 Å². The zero-order valence-corrected chi connectivity index (χ0v) is 8.60. The second kappa shape index (κ2) is 3.76. The van der Waals surface area contributed by atoms with E-state index >= 15 is 0 Å². The van der Waals surface area contributed by atoms with Crippen molar-refractivity contribution in [2.75, 3.05) is 0 Å².